The van der Waals surface area contributed by atoms with Gasteiger partial charge in [-0.25, -0.2) is 0 Å². The summed E-state index contributed by atoms with van der Waals surface area (Å²) in [6, 6.07) is 0. The van der Waals surface area contributed by atoms with Crippen LogP contribution in [0.5, 0.6) is 0 Å². The van der Waals surface area contributed by atoms with Crippen LogP contribution >= 0.6 is 0 Å². The largest absolute Gasteiger partial charge is 0.409 e. The highest BCUT2D eigenvalue weighted by molar-refractivity contribution is 5.03. The number of hydrogen-bond acceptors (Lipinski definition) is 1. The Kier molecular flexibility index (Phi) is 0.891. The van der Waals surface area contributed by atoms with Gasteiger partial charge >= 0.3 is 6.39 Å². The third-order valence-corrected chi connectivity index (χ3v) is 1.67. The van der Waals surface area contributed by atoms with Crippen molar-refractivity contribution < 1.29 is 8.98 Å². The van der Waals surface area contributed by atoms with Gasteiger partial charge in [0.2, 0.25) is 6.20 Å². The van der Waals surface area contributed by atoms with Crippen molar-refractivity contribution >= 4 is 0 Å². The first-order valence-electron chi connectivity index (χ1n) is 3.30. The quantitative estimate of drug-likeness (QED) is 0.510. The Balaban J connectivity index is 2.28. The molecular formula is C7H10NO+. The van der Waals surface area contributed by atoms with E-state index in [1.807, 2.05) is 11.6 Å². The number of aromatic nitrogens is 1. The summed E-state index contributed by atoms with van der Waals surface area (Å²) in [4.78, 5) is 0. The molecule has 0 saturated heterocycles. The predicted octanol–water partition coefficient (Wildman–Crippen LogP) is 0.981. The first-order valence-corrected chi connectivity index (χ1v) is 3.30. The highest BCUT2D eigenvalue weighted by Gasteiger charge is 2.28. The molecule has 0 bridgehead atoms. The minimum absolute atomic E-state index is 0.742. The predicted molar refractivity (Wildman–Crippen MR) is 31.9 cm³/mol. The molecular weight excluding hydrogens is 114 g/mol. The molecule has 0 amide bonds. The summed E-state index contributed by atoms with van der Waals surface area (Å²) < 4.78 is 7.20. The van der Waals surface area contributed by atoms with Gasteiger partial charge in [0.25, 0.3) is 0 Å². The summed E-state index contributed by atoms with van der Waals surface area (Å²) in [6.07, 6.45) is 6.42. The molecule has 2 nitrogen and oxygen atoms in total. The van der Waals surface area contributed by atoms with E-state index in [2.05, 4.69) is 6.20 Å². The summed E-state index contributed by atoms with van der Waals surface area (Å²) in [7, 11) is 1.98. The van der Waals surface area contributed by atoms with Gasteiger partial charge in [-0.3, -0.25) is 0 Å². The average Bonchev–Trinajstić information content (AvgIpc) is 2.58. The Bertz CT molecular complexity index is 212. The van der Waals surface area contributed by atoms with Crippen molar-refractivity contribution in [3.05, 3.63) is 18.4 Å². The SMILES string of the molecule is C[n+]1coc(C2CC2)c1. The first kappa shape index (κ1) is 5.03. The van der Waals surface area contributed by atoms with Crippen LogP contribution in [0.4, 0.5) is 0 Å². The summed E-state index contributed by atoms with van der Waals surface area (Å²) in [5.41, 5.74) is 0. The zero-order chi connectivity index (χ0) is 6.27. The fraction of sp³-hybridized carbons (Fsp3) is 0.571. The van der Waals surface area contributed by atoms with Crippen LogP contribution < -0.4 is 4.57 Å². The number of aryl methyl sites for hydroxylation is 1. The molecule has 1 fully saturated rings. The van der Waals surface area contributed by atoms with Gasteiger partial charge in [0.15, 0.2) is 5.76 Å². The molecule has 1 aromatic heterocycles. The number of rotatable bonds is 1. The molecule has 1 heterocycles. The van der Waals surface area contributed by atoms with Gasteiger partial charge in [-0.15, -0.1) is 0 Å². The maximum Gasteiger partial charge on any atom is 0.334 e. The lowest BCUT2D eigenvalue weighted by molar-refractivity contribution is -0.674. The Morgan fingerprint density at radius 2 is 2.44 bits per heavy atom. The third kappa shape index (κ3) is 0.846. The zero-order valence-corrected chi connectivity index (χ0v) is 5.50. The van der Waals surface area contributed by atoms with E-state index in [4.69, 9.17) is 4.42 Å². The van der Waals surface area contributed by atoms with Gasteiger partial charge in [0.05, 0.1) is 0 Å². The molecule has 2 rings (SSSR count). The van der Waals surface area contributed by atoms with Crippen LogP contribution in [0.2, 0.25) is 0 Å². The van der Waals surface area contributed by atoms with E-state index in [1.54, 1.807) is 6.39 Å². The second-order valence-corrected chi connectivity index (χ2v) is 2.69. The smallest absolute Gasteiger partial charge is 0.334 e. The van der Waals surface area contributed by atoms with Crippen molar-refractivity contribution in [2.75, 3.05) is 0 Å². The Morgan fingerprint density at radius 3 is 2.89 bits per heavy atom. The maximum atomic E-state index is 5.25. The van der Waals surface area contributed by atoms with E-state index in [1.165, 1.54) is 12.8 Å². The first-order chi connectivity index (χ1) is 4.36. The van der Waals surface area contributed by atoms with Crippen LogP contribution in [0.1, 0.15) is 24.5 Å². The lowest BCUT2D eigenvalue weighted by Gasteiger charge is -1.77. The van der Waals surface area contributed by atoms with Crippen molar-refractivity contribution in [1.82, 2.24) is 0 Å². The van der Waals surface area contributed by atoms with E-state index in [0.717, 1.165) is 11.7 Å². The highest BCUT2D eigenvalue weighted by atomic mass is 16.3. The van der Waals surface area contributed by atoms with Gasteiger partial charge in [-0.1, -0.05) is 0 Å². The van der Waals surface area contributed by atoms with Crippen molar-refractivity contribution in [3.8, 4) is 0 Å². The molecule has 0 aromatic carbocycles. The molecule has 0 unspecified atom stereocenters. The molecule has 0 atom stereocenters. The highest BCUT2D eigenvalue weighted by Crippen LogP contribution is 2.39. The molecule has 1 aromatic rings. The van der Waals surface area contributed by atoms with Crippen molar-refractivity contribution in [2.45, 2.75) is 18.8 Å². The number of hydrogen-bond donors (Lipinski definition) is 0. The van der Waals surface area contributed by atoms with E-state index in [0.29, 0.717) is 0 Å². The molecule has 1 aliphatic carbocycles. The molecule has 1 saturated carbocycles. The fourth-order valence-corrected chi connectivity index (χ4v) is 0.975. The second kappa shape index (κ2) is 1.59. The zero-order valence-electron chi connectivity index (χ0n) is 5.50. The third-order valence-electron chi connectivity index (χ3n) is 1.67. The Labute approximate surface area is 54.1 Å². The summed E-state index contributed by atoms with van der Waals surface area (Å²) in [5, 5.41) is 0. The van der Waals surface area contributed by atoms with Gasteiger partial charge in [0.1, 0.15) is 7.05 Å². The normalized spacial score (nSPS) is 18.3. The van der Waals surface area contributed by atoms with Crippen LogP contribution in [-0.2, 0) is 7.05 Å². The van der Waals surface area contributed by atoms with Gasteiger partial charge in [0, 0.05) is 5.92 Å². The monoisotopic (exact) mass is 124 g/mol. The lowest BCUT2D eigenvalue weighted by Crippen LogP contribution is -2.22. The standard InChI is InChI=1S/C7H10NO/c1-8-4-7(9-5-8)6-2-3-6/h4-6H,2-3H2,1H3/q+1. The fourth-order valence-electron chi connectivity index (χ4n) is 0.975. The molecule has 48 valence electrons. The van der Waals surface area contributed by atoms with E-state index >= 15 is 0 Å². The van der Waals surface area contributed by atoms with Crippen LogP contribution in [0.25, 0.3) is 0 Å². The van der Waals surface area contributed by atoms with Gasteiger partial charge in [-0.2, -0.15) is 4.57 Å². The van der Waals surface area contributed by atoms with Crippen molar-refractivity contribution in [2.24, 2.45) is 7.05 Å². The Morgan fingerprint density at radius 1 is 1.67 bits per heavy atom. The van der Waals surface area contributed by atoms with Crippen molar-refractivity contribution in [1.29, 1.82) is 0 Å². The minimum atomic E-state index is 0.742. The van der Waals surface area contributed by atoms with Crippen molar-refractivity contribution in [3.63, 3.8) is 0 Å². The van der Waals surface area contributed by atoms with Gasteiger partial charge < -0.3 is 4.42 Å². The minimum Gasteiger partial charge on any atom is -0.409 e. The van der Waals surface area contributed by atoms with Crippen LogP contribution in [0.3, 0.4) is 0 Å². The average molecular weight is 124 g/mol. The molecule has 0 radical (unpaired) electrons. The summed E-state index contributed by atoms with van der Waals surface area (Å²) in [5.74, 6) is 1.89. The molecule has 0 spiro atoms. The topological polar surface area (TPSA) is 17.0 Å². The number of nitrogens with zero attached hydrogens (tertiary/aromatic N) is 1. The lowest BCUT2D eigenvalue weighted by atomic mass is 10.3. The van der Waals surface area contributed by atoms with Crippen LogP contribution in [-0.4, -0.2) is 0 Å². The van der Waals surface area contributed by atoms with E-state index < -0.39 is 0 Å². The molecule has 1 aliphatic rings. The number of oxazole rings is 1. The summed E-state index contributed by atoms with van der Waals surface area (Å²) in [6.45, 7) is 0. The van der Waals surface area contributed by atoms with Crippen LogP contribution in [0.15, 0.2) is 17.0 Å². The second-order valence-electron chi connectivity index (χ2n) is 2.69. The van der Waals surface area contributed by atoms with E-state index in [9.17, 15) is 0 Å². The molecule has 2 heteroatoms. The molecule has 0 aliphatic heterocycles. The molecule has 0 N–H and O–H groups in total. The van der Waals surface area contributed by atoms with E-state index in [-0.39, 0.29) is 0 Å². The maximum absolute atomic E-state index is 5.25. The summed E-state index contributed by atoms with van der Waals surface area (Å²) >= 11 is 0. The molecule has 9 heavy (non-hydrogen) atoms. The van der Waals surface area contributed by atoms with Crippen LogP contribution in [0, 0.1) is 0 Å². The van der Waals surface area contributed by atoms with Gasteiger partial charge in [-0.05, 0) is 12.8 Å². The Hall–Kier alpha value is -0.790.